The molecule has 0 saturated carbocycles. The van der Waals surface area contributed by atoms with Crippen LogP contribution >= 0.6 is 0 Å². The number of hydrogen-bond acceptors (Lipinski definition) is 3. The molecule has 25 heavy (non-hydrogen) atoms. The molecule has 130 valence electrons. The van der Waals surface area contributed by atoms with E-state index in [4.69, 9.17) is 0 Å². The Balaban J connectivity index is 1.89. The molecule has 2 aromatic carbocycles. The van der Waals surface area contributed by atoms with Gasteiger partial charge in [0.2, 0.25) is 0 Å². The van der Waals surface area contributed by atoms with E-state index in [1.807, 2.05) is 55.8 Å². The van der Waals surface area contributed by atoms with Gasteiger partial charge in [-0.1, -0.05) is 48.0 Å². The summed E-state index contributed by atoms with van der Waals surface area (Å²) in [5, 5.41) is 4.49. The highest BCUT2D eigenvalue weighted by Crippen LogP contribution is 2.24. The fraction of sp³-hybridized carbons (Fsp3) is 0.211. The predicted molar refractivity (Wildman–Crippen MR) is 99.2 cm³/mol. The number of nitrogens with zero attached hydrogens (tertiary/aromatic N) is 2. The molecule has 0 aliphatic heterocycles. The second kappa shape index (κ2) is 6.72. The van der Waals surface area contributed by atoms with Crippen molar-refractivity contribution < 1.29 is 8.42 Å². The van der Waals surface area contributed by atoms with Gasteiger partial charge in [-0.25, -0.2) is 8.42 Å². The molecule has 0 amide bonds. The number of aromatic nitrogens is 2. The number of sulfonamides is 1. The first kappa shape index (κ1) is 17.2. The number of aryl methyl sites for hydroxylation is 2. The molecule has 0 fully saturated rings. The van der Waals surface area contributed by atoms with Crippen LogP contribution in [0.25, 0.3) is 0 Å². The standard InChI is InChI=1S/C19H21N3O2S/c1-14-9-11-18(12-10-14)25(23,24)21-19-15(2)20-22(16(19)3)13-17-7-5-4-6-8-17/h4-12,21H,13H2,1-3H3. The molecule has 6 heteroatoms. The van der Waals surface area contributed by atoms with Gasteiger partial charge in [0.25, 0.3) is 10.0 Å². The molecule has 0 unspecified atom stereocenters. The van der Waals surface area contributed by atoms with E-state index >= 15 is 0 Å². The Bertz CT molecular complexity index is 976. The first-order valence-corrected chi connectivity index (χ1v) is 9.52. The van der Waals surface area contributed by atoms with Gasteiger partial charge in [0.1, 0.15) is 0 Å². The van der Waals surface area contributed by atoms with Crippen molar-refractivity contribution in [1.29, 1.82) is 0 Å². The van der Waals surface area contributed by atoms with E-state index in [1.165, 1.54) is 0 Å². The molecule has 3 aromatic rings. The largest absolute Gasteiger partial charge is 0.276 e. The van der Waals surface area contributed by atoms with Gasteiger partial charge in [-0.3, -0.25) is 9.40 Å². The van der Waals surface area contributed by atoms with E-state index in [2.05, 4.69) is 9.82 Å². The van der Waals surface area contributed by atoms with Crippen molar-refractivity contribution in [3.63, 3.8) is 0 Å². The summed E-state index contributed by atoms with van der Waals surface area (Å²) in [6, 6.07) is 16.7. The molecule has 3 rings (SSSR count). The molecule has 0 aliphatic rings. The number of rotatable bonds is 5. The van der Waals surface area contributed by atoms with Crippen LogP contribution in [0.1, 0.15) is 22.5 Å². The van der Waals surface area contributed by atoms with Crippen LogP contribution in [0.15, 0.2) is 59.5 Å². The summed E-state index contributed by atoms with van der Waals surface area (Å²) >= 11 is 0. The van der Waals surface area contributed by atoms with Crippen molar-refractivity contribution in [3.05, 3.63) is 77.1 Å². The first-order chi connectivity index (χ1) is 11.9. The Hall–Kier alpha value is -2.60. The van der Waals surface area contributed by atoms with Crippen molar-refractivity contribution in [1.82, 2.24) is 9.78 Å². The molecule has 5 nitrogen and oxygen atoms in total. The zero-order chi connectivity index (χ0) is 18.0. The third kappa shape index (κ3) is 3.74. The third-order valence-electron chi connectivity index (χ3n) is 4.12. The molecule has 1 aromatic heterocycles. The Morgan fingerprint density at radius 3 is 2.24 bits per heavy atom. The van der Waals surface area contributed by atoms with E-state index in [1.54, 1.807) is 24.3 Å². The molecule has 0 aliphatic carbocycles. The Morgan fingerprint density at radius 2 is 1.60 bits per heavy atom. The van der Waals surface area contributed by atoms with Crippen LogP contribution in [0.4, 0.5) is 5.69 Å². The van der Waals surface area contributed by atoms with Crippen LogP contribution in [-0.4, -0.2) is 18.2 Å². The van der Waals surface area contributed by atoms with Crippen LogP contribution in [0.5, 0.6) is 0 Å². The second-order valence-electron chi connectivity index (χ2n) is 6.11. The second-order valence-corrected chi connectivity index (χ2v) is 7.79. The molecule has 0 saturated heterocycles. The molecular formula is C19H21N3O2S. The monoisotopic (exact) mass is 355 g/mol. The van der Waals surface area contributed by atoms with Gasteiger partial charge in [0.05, 0.1) is 28.5 Å². The minimum absolute atomic E-state index is 0.243. The minimum Gasteiger partial charge on any atom is -0.276 e. The lowest BCUT2D eigenvalue weighted by molar-refractivity contribution is 0.601. The van der Waals surface area contributed by atoms with Gasteiger partial charge in [-0.15, -0.1) is 0 Å². The maximum Gasteiger partial charge on any atom is 0.262 e. The summed E-state index contributed by atoms with van der Waals surface area (Å²) in [7, 11) is -3.64. The van der Waals surface area contributed by atoms with Crippen LogP contribution in [-0.2, 0) is 16.6 Å². The molecule has 1 heterocycles. The lowest BCUT2D eigenvalue weighted by Crippen LogP contribution is -2.14. The molecule has 0 radical (unpaired) electrons. The SMILES string of the molecule is Cc1ccc(S(=O)(=O)Nc2c(C)nn(Cc3ccccc3)c2C)cc1. The van der Waals surface area contributed by atoms with Gasteiger partial charge in [-0.05, 0) is 38.5 Å². The molecule has 0 spiro atoms. The summed E-state index contributed by atoms with van der Waals surface area (Å²) in [5.74, 6) is 0. The van der Waals surface area contributed by atoms with Gasteiger partial charge >= 0.3 is 0 Å². The maximum atomic E-state index is 12.6. The third-order valence-corrected chi connectivity index (χ3v) is 5.49. The summed E-state index contributed by atoms with van der Waals surface area (Å²) in [4.78, 5) is 0.243. The normalized spacial score (nSPS) is 11.5. The first-order valence-electron chi connectivity index (χ1n) is 8.04. The average Bonchev–Trinajstić information content (AvgIpc) is 2.83. The highest BCUT2D eigenvalue weighted by atomic mass is 32.2. The van der Waals surface area contributed by atoms with Crippen molar-refractivity contribution >= 4 is 15.7 Å². The van der Waals surface area contributed by atoms with Gasteiger partial charge in [0, 0.05) is 0 Å². The number of benzene rings is 2. The van der Waals surface area contributed by atoms with Crippen molar-refractivity contribution in [3.8, 4) is 0 Å². The van der Waals surface area contributed by atoms with Gasteiger partial charge in [0.15, 0.2) is 0 Å². The van der Waals surface area contributed by atoms with Crippen LogP contribution < -0.4 is 4.72 Å². The Kier molecular flexibility index (Phi) is 4.63. The minimum atomic E-state index is -3.64. The average molecular weight is 355 g/mol. The van der Waals surface area contributed by atoms with Crippen LogP contribution in [0, 0.1) is 20.8 Å². The summed E-state index contributed by atoms with van der Waals surface area (Å²) < 4.78 is 29.8. The Morgan fingerprint density at radius 1 is 0.960 bits per heavy atom. The summed E-state index contributed by atoms with van der Waals surface area (Å²) in [5.41, 5.74) is 4.11. The lowest BCUT2D eigenvalue weighted by Gasteiger charge is -2.09. The van der Waals surface area contributed by atoms with Crippen LogP contribution in [0.3, 0.4) is 0 Å². The maximum absolute atomic E-state index is 12.6. The van der Waals surface area contributed by atoms with E-state index < -0.39 is 10.0 Å². The van der Waals surface area contributed by atoms with Gasteiger partial charge < -0.3 is 0 Å². The van der Waals surface area contributed by atoms with Crippen molar-refractivity contribution in [2.24, 2.45) is 0 Å². The quantitative estimate of drug-likeness (QED) is 0.760. The van der Waals surface area contributed by atoms with E-state index in [0.29, 0.717) is 17.9 Å². The van der Waals surface area contributed by atoms with E-state index in [0.717, 1.165) is 16.8 Å². The lowest BCUT2D eigenvalue weighted by atomic mass is 10.2. The molecular weight excluding hydrogens is 334 g/mol. The van der Waals surface area contributed by atoms with Gasteiger partial charge in [-0.2, -0.15) is 5.10 Å². The summed E-state index contributed by atoms with van der Waals surface area (Å²) in [6.07, 6.45) is 0. The van der Waals surface area contributed by atoms with Crippen molar-refractivity contribution in [2.45, 2.75) is 32.2 Å². The Labute approximate surface area is 148 Å². The molecule has 0 atom stereocenters. The highest BCUT2D eigenvalue weighted by molar-refractivity contribution is 7.92. The number of hydrogen-bond donors (Lipinski definition) is 1. The highest BCUT2D eigenvalue weighted by Gasteiger charge is 2.19. The zero-order valence-electron chi connectivity index (χ0n) is 14.5. The van der Waals surface area contributed by atoms with E-state index in [9.17, 15) is 8.42 Å². The fourth-order valence-electron chi connectivity index (χ4n) is 2.67. The summed E-state index contributed by atoms with van der Waals surface area (Å²) in [6.45, 7) is 6.20. The molecule has 0 bridgehead atoms. The molecule has 1 N–H and O–H groups in total. The predicted octanol–water partition coefficient (Wildman–Crippen LogP) is 3.66. The topological polar surface area (TPSA) is 64.0 Å². The number of anilines is 1. The van der Waals surface area contributed by atoms with Crippen molar-refractivity contribution in [2.75, 3.05) is 4.72 Å². The fourth-order valence-corrected chi connectivity index (χ4v) is 3.84. The van der Waals surface area contributed by atoms with Crippen LogP contribution in [0.2, 0.25) is 0 Å². The zero-order valence-corrected chi connectivity index (χ0v) is 15.3. The smallest absolute Gasteiger partial charge is 0.262 e. The number of nitrogens with one attached hydrogen (secondary N) is 1. The van der Waals surface area contributed by atoms with E-state index in [-0.39, 0.29) is 4.90 Å².